The van der Waals surface area contributed by atoms with Gasteiger partial charge in [-0.2, -0.15) is 0 Å². The molecule has 0 radical (unpaired) electrons. The first kappa shape index (κ1) is 9.22. The van der Waals surface area contributed by atoms with Crippen LogP contribution < -0.4 is 4.90 Å². The van der Waals surface area contributed by atoms with Crippen LogP contribution in [0.1, 0.15) is 24.3 Å². The van der Waals surface area contributed by atoms with E-state index in [4.69, 9.17) is 4.74 Å². The van der Waals surface area contributed by atoms with Gasteiger partial charge in [-0.1, -0.05) is 18.2 Å². The second-order valence-electron chi connectivity index (χ2n) is 4.43. The van der Waals surface area contributed by atoms with Crippen LogP contribution in [0, 0.1) is 0 Å². The summed E-state index contributed by atoms with van der Waals surface area (Å²) in [6.07, 6.45) is 2.75. The molecule has 80 valence electrons. The molecule has 0 spiro atoms. The Kier molecular flexibility index (Phi) is 2.37. The van der Waals surface area contributed by atoms with Crippen LogP contribution in [-0.2, 0) is 4.74 Å². The Balaban J connectivity index is 1.88. The third kappa shape index (κ3) is 1.86. The van der Waals surface area contributed by atoms with Gasteiger partial charge in [-0.05, 0) is 30.4 Å². The van der Waals surface area contributed by atoms with Gasteiger partial charge in [0.1, 0.15) is 0 Å². The molecule has 0 unspecified atom stereocenters. The van der Waals surface area contributed by atoms with Gasteiger partial charge in [0.25, 0.3) is 0 Å². The average molecular weight is 203 g/mol. The minimum Gasteiger partial charge on any atom is -0.378 e. The van der Waals surface area contributed by atoms with Crippen molar-refractivity contribution in [1.82, 2.24) is 0 Å². The average Bonchev–Trinajstić information content (AvgIpc) is 3.14. The molecule has 0 amide bonds. The summed E-state index contributed by atoms with van der Waals surface area (Å²) < 4.78 is 5.40. The van der Waals surface area contributed by atoms with Crippen LogP contribution in [0.4, 0.5) is 5.69 Å². The number of hydrogen-bond donors (Lipinski definition) is 0. The number of hydrogen-bond acceptors (Lipinski definition) is 2. The normalized spacial score (nSPS) is 21.7. The van der Waals surface area contributed by atoms with E-state index >= 15 is 0 Å². The van der Waals surface area contributed by atoms with Crippen LogP contribution >= 0.6 is 0 Å². The Morgan fingerprint density at radius 1 is 1.07 bits per heavy atom. The molecule has 1 aliphatic carbocycles. The van der Waals surface area contributed by atoms with Crippen LogP contribution in [0.3, 0.4) is 0 Å². The maximum Gasteiger partial charge on any atom is 0.0642 e. The van der Waals surface area contributed by atoms with Crippen LogP contribution in [0.25, 0.3) is 0 Å². The van der Waals surface area contributed by atoms with Gasteiger partial charge in [-0.15, -0.1) is 0 Å². The summed E-state index contributed by atoms with van der Waals surface area (Å²) in [5.41, 5.74) is 3.00. The highest BCUT2D eigenvalue weighted by atomic mass is 16.5. The van der Waals surface area contributed by atoms with Crippen LogP contribution in [0.2, 0.25) is 0 Å². The third-order valence-corrected chi connectivity index (χ3v) is 3.31. The molecule has 1 saturated heterocycles. The summed E-state index contributed by atoms with van der Waals surface area (Å²) in [5.74, 6) is 0.837. The number of anilines is 1. The number of rotatable bonds is 2. The van der Waals surface area contributed by atoms with Gasteiger partial charge in [0.15, 0.2) is 0 Å². The van der Waals surface area contributed by atoms with Crippen molar-refractivity contribution in [3.05, 3.63) is 29.8 Å². The quantitative estimate of drug-likeness (QED) is 0.732. The van der Waals surface area contributed by atoms with Crippen molar-refractivity contribution in [3.63, 3.8) is 0 Å². The first-order valence-corrected chi connectivity index (χ1v) is 5.87. The summed E-state index contributed by atoms with van der Waals surface area (Å²) in [6.45, 7) is 3.84. The van der Waals surface area contributed by atoms with E-state index in [2.05, 4.69) is 29.2 Å². The second kappa shape index (κ2) is 3.86. The maximum atomic E-state index is 5.40. The number of para-hydroxylation sites is 1. The van der Waals surface area contributed by atoms with E-state index in [0.717, 1.165) is 32.2 Å². The fraction of sp³-hybridized carbons (Fsp3) is 0.538. The van der Waals surface area contributed by atoms with Crippen molar-refractivity contribution in [2.45, 2.75) is 18.8 Å². The predicted molar refractivity (Wildman–Crippen MR) is 61.4 cm³/mol. The van der Waals surface area contributed by atoms with Crippen LogP contribution in [0.15, 0.2) is 24.3 Å². The summed E-state index contributed by atoms with van der Waals surface area (Å²) in [4.78, 5) is 2.47. The van der Waals surface area contributed by atoms with Gasteiger partial charge in [0, 0.05) is 18.8 Å². The molecule has 1 aromatic carbocycles. The Hall–Kier alpha value is -1.02. The maximum absolute atomic E-state index is 5.40. The lowest BCUT2D eigenvalue weighted by Gasteiger charge is -2.30. The molecule has 3 rings (SSSR count). The minimum atomic E-state index is 0.837. The Bertz CT molecular complexity index is 340. The molecule has 0 bridgehead atoms. The zero-order valence-corrected chi connectivity index (χ0v) is 8.98. The molecule has 0 aromatic heterocycles. The van der Waals surface area contributed by atoms with E-state index in [1.165, 1.54) is 18.5 Å². The monoisotopic (exact) mass is 203 g/mol. The van der Waals surface area contributed by atoms with E-state index < -0.39 is 0 Å². The first-order chi connectivity index (χ1) is 7.45. The van der Waals surface area contributed by atoms with Gasteiger partial charge >= 0.3 is 0 Å². The van der Waals surface area contributed by atoms with Crippen molar-refractivity contribution in [1.29, 1.82) is 0 Å². The molecule has 1 aromatic rings. The Morgan fingerprint density at radius 2 is 1.80 bits per heavy atom. The van der Waals surface area contributed by atoms with Gasteiger partial charge in [-0.25, -0.2) is 0 Å². The SMILES string of the molecule is c1ccc(N2CCOCC2)c(C2CC2)c1. The molecule has 15 heavy (non-hydrogen) atoms. The highest BCUT2D eigenvalue weighted by Gasteiger charge is 2.27. The standard InChI is InChI=1S/C13H17NO/c1-2-4-13(12(3-1)11-5-6-11)14-7-9-15-10-8-14/h1-4,11H,5-10H2. The van der Waals surface area contributed by atoms with Crippen molar-refractivity contribution >= 4 is 5.69 Å². The van der Waals surface area contributed by atoms with Crippen LogP contribution in [0.5, 0.6) is 0 Å². The van der Waals surface area contributed by atoms with Crippen molar-refractivity contribution in [3.8, 4) is 0 Å². The lowest BCUT2D eigenvalue weighted by molar-refractivity contribution is 0.122. The zero-order chi connectivity index (χ0) is 10.1. The molecule has 0 atom stereocenters. The topological polar surface area (TPSA) is 12.5 Å². The summed E-state index contributed by atoms with van der Waals surface area (Å²) in [7, 11) is 0. The molecule has 0 N–H and O–H groups in total. The van der Waals surface area contributed by atoms with E-state index in [9.17, 15) is 0 Å². The van der Waals surface area contributed by atoms with Gasteiger partial charge in [-0.3, -0.25) is 0 Å². The highest BCUT2D eigenvalue weighted by molar-refractivity contribution is 5.56. The summed E-state index contributed by atoms with van der Waals surface area (Å²) in [5, 5.41) is 0. The van der Waals surface area contributed by atoms with E-state index in [1.807, 2.05) is 0 Å². The summed E-state index contributed by atoms with van der Waals surface area (Å²) >= 11 is 0. The summed E-state index contributed by atoms with van der Waals surface area (Å²) in [6, 6.07) is 8.87. The van der Waals surface area contributed by atoms with Gasteiger partial charge < -0.3 is 9.64 Å². The van der Waals surface area contributed by atoms with Crippen LogP contribution in [-0.4, -0.2) is 26.3 Å². The molecule has 2 nitrogen and oxygen atoms in total. The molecule has 1 aliphatic heterocycles. The van der Waals surface area contributed by atoms with Crippen molar-refractivity contribution < 1.29 is 4.74 Å². The fourth-order valence-corrected chi connectivity index (χ4v) is 2.32. The van der Waals surface area contributed by atoms with Crippen molar-refractivity contribution in [2.24, 2.45) is 0 Å². The largest absolute Gasteiger partial charge is 0.378 e. The lowest BCUT2D eigenvalue weighted by atomic mass is 10.1. The Labute approximate surface area is 90.8 Å². The fourth-order valence-electron chi connectivity index (χ4n) is 2.32. The van der Waals surface area contributed by atoms with Gasteiger partial charge in [0.2, 0.25) is 0 Å². The smallest absolute Gasteiger partial charge is 0.0642 e. The second-order valence-corrected chi connectivity index (χ2v) is 4.43. The van der Waals surface area contributed by atoms with E-state index in [1.54, 1.807) is 5.56 Å². The lowest BCUT2D eigenvalue weighted by Crippen LogP contribution is -2.36. The molecule has 2 fully saturated rings. The third-order valence-electron chi connectivity index (χ3n) is 3.31. The molecule has 1 saturated carbocycles. The van der Waals surface area contributed by atoms with E-state index in [-0.39, 0.29) is 0 Å². The molecular formula is C13H17NO. The zero-order valence-electron chi connectivity index (χ0n) is 8.98. The van der Waals surface area contributed by atoms with E-state index in [0.29, 0.717) is 0 Å². The number of nitrogens with zero attached hydrogens (tertiary/aromatic N) is 1. The molecule has 2 aliphatic rings. The number of ether oxygens (including phenoxy) is 1. The van der Waals surface area contributed by atoms with Gasteiger partial charge in [0.05, 0.1) is 13.2 Å². The van der Waals surface area contributed by atoms with Crippen molar-refractivity contribution in [2.75, 3.05) is 31.2 Å². The molecule has 2 heteroatoms. The first-order valence-electron chi connectivity index (χ1n) is 5.87. The minimum absolute atomic E-state index is 0.837. The Morgan fingerprint density at radius 3 is 2.53 bits per heavy atom. The number of benzene rings is 1. The highest BCUT2D eigenvalue weighted by Crippen LogP contribution is 2.44. The molecule has 1 heterocycles. The number of morpholine rings is 1. The predicted octanol–water partition coefficient (Wildman–Crippen LogP) is 2.40. The molecular weight excluding hydrogens is 186 g/mol.